The number of rotatable bonds is 4. The molecule has 0 saturated carbocycles. The van der Waals surface area contributed by atoms with Gasteiger partial charge in [0.25, 0.3) is 0 Å². The van der Waals surface area contributed by atoms with Gasteiger partial charge in [-0.2, -0.15) is 0 Å². The van der Waals surface area contributed by atoms with Gasteiger partial charge in [-0.3, -0.25) is 0 Å². The van der Waals surface area contributed by atoms with Gasteiger partial charge < -0.3 is 10.1 Å². The highest BCUT2D eigenvalue weighted by Crippen LogP contribution is 2.24. The van der Waals surface area contributed by atoms with E-state index >= 15 is 0 Å². The van der Waals surface area contributed by atoms with Crippen LogP contribution in [0.1, 0.15) is 13.3 Å². The fourth-order valence-electron chi connectivity index (χ4n) is 1.95. The van der Waals surface area contributed by atoms with E-state index in [2.05, 4.69) is 17.0 Å². The topological polar surface area (TPSA) is 67.4 Å². The molecule has 0 radical (unpaired) electrons. The molecule has 1 heterocycles. The van der Waals surface area contributed by atoms with Crippen LogP contribution in [0.4, 0.5) is 5.69 Å². The molecule has 1 aromatic rings. The zero-order valence-electron chi connectivity index (χ0n) is 10.6. The number of hydrogen-bond acceptors (Lipinski definition) is 4. The summed E-state index contributed by atoms with van der Waals surface area (Å²) in [6, 6.07) is 6.72. The number of nitrogens with one attached hydrogen (secondary N) is 2. The van der Waals surface area contributed by atoms with Crippen molar-refractivity contribution < 1.29 is 13.2 Å². The van der Waals surface area contributed by atoms with Crippen molar-refractivity contribution >= 4 is 15.7 Å². The Labute approximate surface area is 108 Å². The number of sulfonamides is 1. The summed E-state index contributed by atoms with van der Waals surface area (Å²) in [6.07, 6.45) is 0.948. The molecule has 2 rings (SSSR count). The molecule has 0 spiro atoms. The van der Waals surface area contributed by atoms with Crippen LogP contribution in [-0.4, -0.2) is 34.2 Å². The first-order valence-corrected chi connectivity index (χ1v) is 7.33. The third-order valence-corrected chi connectivity index (χ3v) is 4.53. The van der Waals surface area contributed by atoms with Crippen LogP contribution in [-0.2, 0) is 14.8 Å². The van der Waals surface area contributed by atoms with E-state index in [-0.39, 0.29) is 10.4 Å². The summed E-state index contributed by atoms with van der Waals surface area (Å²) in [6.45, 7) is 3.53. The van der Waals surface area contributed by atoms with E-state index in [9.17, 15) is 8.42 Å². The molecular formula is C12H18N2O3S. The first-order chi connectivity index (χ1) is 8.45. The van der Waals surface area contributed by atoms with Crippen molar-refractivity contribution in [1.29, 1.82) is 0 Å². The lowest BCUT2D eigenvalue weighted by Crippen LogP contribution is -2.34. The van der Waals surface area contributed by atoms with Crippen LogP contribution in [0.5, 0.6) is 0 Å². The zero-order chi connectivity index (χ0) is 13.2. The lowest BCUT2D eigenvalue weighted by Gasteiger charge is -2.25. The van der Waals surface area contributed by atoms with Gasteiger partial charge in [-0.15, -0.1) is 0 Å². The molecule has 1 atom stereocenters. The molecular weight excluding hydrogens is 252 g/mol. The van der Waals surface area contributed by atoms with Crippen LogP contribution in [0.3, 0.4) is 0 Å². The van der Waals surface area contributed by atoms with Crippen LogP contribution >= 0.6 is 0 Å². The minimum Gasteiger partial charge on any atom is -0.379 e. The Morgan fingerprint density at radius 1 is 1.28 bits per heavy atom. The van der Waals surface area contributed by atoms with Gasteiger partial charge in [-0.05, 0) is 44.7 Å². The average Bonchev–Trinajstić information content (AvgIpc) is 2.76. The maximum Gasteiger partial charge on any atom is 0.240 e. The second-order valence-electron chi connectivity index (χ2n) is 4.72. The van der Waals surface area contributed by atoms with Crippen molar-refractivity contribution in [2.24, 2.45) is 0 Å². The Balaban J connectivity index is 2.13. The Morgan fingerprint density at radius 3 is 2.44 bits per heavy atom. The summed E-state index contributed by atoms with van der Waals surface area (Å²) in [7, 11) is -1.96. The standard InChI is InChI=1S/C12H18N2O3S/c1-12(7-8-17-9-12)14-10-3-5-11(6-4-10)18(15,16)13-2/h3-6,13-14H,7-9H2,1-2H3. The fraction of sp³-hybridized carbons (Fsp3) is 0.500. The maximum absolute atomic E-state index is 11.6. The van der Waals surface area contributed by atoms with Gasteiger partial charge in [-0.1, -0.05) is 0 Å². The molecule has 1 saturated heterocycles. The van der Waals surface area contributed by atoms with Gasteiger partial charge in [0.15, 0.2) is 0 Å². The van der Waals surface area contributed by atoms with Crippen molar-refractivity contribution in [3.63, 3.8) is 0 Å². The highest BCUT2D eigenvalue weighted by atomic mass is 32.2. The largest absolute Gasteiger partial charge is 0.379 e. The van der Waals surface area contributed by atoms with E-state index < -0.39 is 10.0 Å². The Hall–Kier alpha value is -1.11. The van der Waals surface area contributed by atoms with E-state index in [1.54, 1.807) is 24.3 Å². The molecule has 6 heteroatoms. The van der Waals surface area contributed by atoms with Gasteiger partial charge in [0.05, 0.1) is 17.0 Å². The van der Waals surface area contributed by atoms with Crippen LogP contribution in [0, 0.1) is 0 Å². The van der Waals surface area contributed by atoms with Crippen molar-refractivity contribution in [2.75, 3.05) is 25.6 Å². The molecule has 0 aromatic heterocycles. The van der Waals surface area contributed by atoms with Crippen molar-refractivity contribution in [1.82, 2.24) is 4.72 Å². The van der Waals surface area contributed by atoms with Crippen molar-refractivity contribution in [2.45, 2.75) is 23.8 Å². The number of anilines is 1. The Bertz CT molecular complexity index is 505. The maximum atomic E-state index is 11.6. The third kappa shape index (κ3) is 2.82. The lowest BCUT2D eigenvalue weighted by molar-refractivity contribution is 0.185. The van der Waals surface area contributed by atoms with Crippen molar-refractivity contribution in [3.8, 4) is 0 Å². The smallest absolute Gasteiger partial charge is 0.240 e. The highest BCUT2D eigenvalue weighted by Gasteiger charge is 2.29. The molecule has 1 aliphatic rings. The first kappa shape index (κ1) is 13.3. The fourth-order valence-corrected chi connectivity index (χ4v) is 2.68. The molecule has 2 N–H and O–H groups in total. The normalized spacial score (nSPS) is 24.1. The predicted octanol–water partition coefficient (Wildman–Crippen LogP) is 1.19. The van der Waals surface area contributed by atoms with Crippen LogP contribution in [0.15, 0.2) is 29.2 Å². The quantitative estimate of drug-likeness (QED) is 0.862. The van der Waals surface area contributed by atoms with Gasteiger partial charge in [0, 0.05) is 12.3 Å². The van der Waals surface area contributed by atoms with E-state index in [0.717, 1.165) is 18.7 Å². The third-order valence-electron chi connectivity index (χ3n) is 3.10. The highest BCUT2D eigenvalue weighted by molar-refractivity contribution is 7.89. The molecule has 0 bridgehead atoms. The van der Waals surface area contributed by atoms with Gasteiger partial charge in [0.2, 0.25) is 10.0 Å². The summed E-state index contributed by atoms with van der Waals surface area (Å²) in [4.78, 5) is 0.267. The average molecular weight is 270 g/mol. The van der Waals surface area contributed by atoms with E-state index in [0.29, 0.717) is 6.61 Å². The van der Waals surface area contributed by atoms with Crippen LogP contribution in [0.2, 0.25) is 0 Å². The molecule has 1 aliphatic heterocycles. The number of benzene rings is 1. The van der Waals surface area contributed by atoms with Gasteiger partial charge in [-0.25, -0.2) is 13.1 Å². The molecule has 1 unspecified atom stereocenters. The number of ether oxygens (including phenoxy) is 1. The summed E-state index contributed by atoms with van der Waals surface area (Å²) >= 11 is 0. The summed E-state index contributed by atoms with van der Waals surface area (Å²) < 4.78 is 30.8. The van der Waals surface area contributed by atoms with Crippen LogP contribution in [0.25, 0.3) is 0 Å². The van der Waals surface area contributed by atoms with E-state index in [1.807, 2.05) is 0 Å². The Morgan fingerprint density at radius 2 is 1.94 bits per heavy atom. The summed E-state index contributed by atoms with van der Waals surface area (Å²) in [5.74, 6) is 0. The molecule has 1 fully saturated rings. The van der Waals surface area contributed by atoms with E-state index in [1.165, 1.54) is 7.05 Å². The molecule has 18 heavy (non-hydrogen) atoms. The predicted molar refractivity (Wildman–Crippen MR) is 70.2 cm³/mol. The second kappa shape index (κ2) is 4.87. The van der Waals surface area contributed by atoms with Crippen molar-refractivity contribution in [3.05, 3.63) is 24.3 Å². The number of hydrogen-bond donors (Lipinski definition) is 2. The summed E-state index contributed by atoms with van der Waals surface area (Å²) in [5.41, 5.74) is 0.835. The zero-order valence-corrected chi connectivity index (χ0v) is 11.4. The molecule has 1 aromatic carbocycles. The molecule has 0 aliphatic carbocycles. The van der Waals surface area contributed by atoms with Crippen LogP contribution < -0.4 is 10.0 Å². The lowest BCUT2D eigenvalue weighted by atomic mass is 10.0. The molecule has 5 nitrogen and oxygen atoms in total. The SMILES string of the molecule is CNS(=O)(=O)c1ccc(NC2(C)CCOC2)cc1. The monoisotopic (exact) mass is 270 g/mol. The second-order valence-corrected chi connectivity index (χ2v) is 6.61. The Kier molecular flexibility index (Phi) is 3.61. The minimum atomic E-state index is -3.36. The first-order valence-electron chi connectivity index (χ1n) is 5.85. The van der Waals surface area contributed by atoms with E-state index in [4.69, 9.17) is 4.74 Å². The van der Waals surface area contributed by atoms with Gasteiger partial charge in [0.1, 0.15) is 0 Å². The molecule has 100 valence electrons. The van der Waals surface area contributed by atoms with Gasteiger partial charge >= 0.3 is 0 Å². The minimum absolute atomic E-state index is 0.0661. The molecule has 0 amide bonds. The summed E-state index contributed by atoms with van der Waals surface area (Å²) in [5, 5.41) is 3.37.